The van der Waals surface area contributed by atoms with Gasteiger partial charge in [-0.3, -0.25) is 0 Å². The van der Waals surface area contributed by atoms with Crippen molar-refractivity contribution in [3.8, 4) is 0 Å². The van der Waals surface area contributed by atoms with Crippen molar-refractivity contribution in [3.05, 3.63) is 59.7 Å². The molecule has 0 bridgehead atoms. The molecule has 0 spiro atoms. The van der Waals surface area contributed by atoms with E-state index in [2.05, 4.69) is 101 Å². The molecule has 1 aliphatic carbocycles. The molecule has 2 N–H and O–H groups in total. The summed E-state index contributed by atoms with van der Waals surface area (Å²) in [5.74, 6) is 0. The molecule has 0 unspecified atom stereocenters. The molecule has 2 atom stereocenters. The van der Waals surface area contributed by atoms with E-state index < -0.39 is 0 Å². The Labute approximate surface area is 172 Å². The Bertz CT molecular complexity index is 678. The Hall–Kier alpha value is -1.96. The normalized spacial score (nSPS) is 20.6. The molecule has 1 saturated carbocycles. The van der Waals surface area contributed by atoms with Crippen molar-refractivity contribution in [2.45, 2.75) is 90.1 Å². The van der Waals surface area contributed by atoms with Gasteiger partial charge >= 0.3 is 0 Å². The summed E-state index contributed by atoms with van der Waals surface area (Å²) in [5.41, 5.74) is 5.63. The number of hydrogen-bond donors (Lipinski definition) is 2. The molecule has 152 valence electrons. The number of hydrogen-bond acceptors (Lipinski definition) is 2. The summed E-state index contributed by atoms with van der Waals surface area (Å²) < 4.78 is 0. The van der Waals surface area contributed by atoms with Crippen LogP contribution in [-0.2, 0) is 10.8 Å². The van der Waals surface area contributed by atoms with Gasteiger partial charge in [-0.2, -0.15) is 0 Å². The standard InChI is InChI=1S/C26H38N2/c1-25(2,3)19-11-15-21(16-12-19)27-23-9-7-8-10-24(23)28-22-17-13-20(14-18-22)26(4,5)6/h11-18,23-24,27-28H,7-10H2,1-6H3/t23-,24-/m1/s1. The smallest absolute Gasteiger partial charge is 0.0462 e. The topological polar surface area (TPSA) is 24.1 Å². The lowest BCUT2D eigenvalue weighted by atomic mass is 9.86. The zero-order chi connectivity index (χ0) is 20.4. The first-order chi connectivity index (χ1) is 13.1. The van der Waals surface area contributed by atoms with Crippen LogP contribution in [0.2, 0.25) is 0 Å². The number of nitrogens with one attached hydrogen (secondary N) is 2. The van der Waals surface area contributed by atoms with E-state index in [9.17, 15) is 0 Å². The predicted molar refractivity (Wildman–Crippen MR) is 124 cm³/mol. The van der Waals surface area contributed by atoms with Crippen LogP contribution in [0.5, 0.6) is 0 Å². The van der Waals surface area contributed by atoms with E-state index in [4.69, 9.17) is 0 Å². The van der Waals surface area contributed by atoms with Crippen LogP contribution in [0.3, 0.4) is 0 Å². The molecule has 2 nitrogen and oxygen atoms in total. The molecule has 1 aliphatic rings. The fourth-order valence-electron chi connectivity index (χ4n) is 4.04. The first kappa shape index (κ1) is 20.8. The van der Waals surface area contributed by atoms with E-state index in [1.807, 2.05) is 0 Å². The first-order valence-electron chi connectivity index (χ1n) is 10.9. The van der Waals surface area contributed by atoms with Gasteiger partial charge in [0.05, 0.1) is 0 Å². The minimum Gasteiger partial charge on any atom is -0.380 e. The van der Waals surface area contributed by atoms with Crippen molar-refractivity contribution in [2.75, 3.05) is 10.6 Å². The minimum absolute atomic E-state index is 0.201. The lowest BCUT2D eigenvalue weighted by Crippen LogP contribution is -2.41. The average Bonchev–Trinajstić information content (AvgIpc) is 2.63. The Balaban J connectivity index is 1.67. The molecule has 0 saturated heterocycles. The third-order valence-corrected chi connectivity index (χ3v) is 5.97. The Morgan fingerprint density at radius 3 is 1.18 bits per heavy atom. The SMILES string of the molecule is CC(C)(C)c1ccc(N[C@@H]2CCCC[C@H]2Nc2ccc(C(C)(C)C)cc2)cc1. The van der Waals surface area contributed by atoms with Gasteiger partial charge in [0.15, 0.2) is 0 Å². The van der Waals surface area contributed by atoms with Crippen molar-refractivity contribution >= 4 is 11.4 Å². The second kappa shape index (κ2) is 8.19. The Morgan fingerprint density at radius 2 is 0.893 bits per heavy atom. The summed E-state index contributed by atoms with van der Waals surface area (Å²) in [5, 5.41) is 7.61. The zero-order valence-electron chi connectivity index (χ0n) is 18.6. The number of rotatable bonds is 4. The van der Waals surface area contributed by atoms with E-state index >= 15 is 0 Å². The predicted octanol–water partition coefficient (Wildman–Crippen LogP) is 7.12. The molecule has 1 fully saturated rings. The summed E-state index contributed by atoms with van der Waals surface area (Å²) in [7, 11) is 0. The van der Waals surface area contributed by atoms with Crippen LogP contribution in [0.15, 0.2) is 48.5 Å². The molecular formula is C26H38N2. The van der Waals surface area contributed by atoms with Gasteiger partial charge in [0, 0.05) is 23.5 Å². The van der Waals surface area contributed by atoms with Gasteiger partial charge in [0.1, 0.15) is 0 Å². The van der Waals surface area contributed by atoms with Crippen molar-refractivity contribution < 1.29 is 0 Å². The fraction of sp³-hybridized carbons (Fsp3) is 0.538. The highest BCUT2D eigenvalue weighted by molar-refractivity contribution is 5.50. The maximum absolute atomic E-state index is 3.80. The molecule has 2 aromatic rings. The highest BCUT2D eigenvalue weighted by atomic mass is 15.0. The maximum atomic E-state index is 3.80. The highest BCUT2D eigenvalue weighted by Gasteiger charge is 2.25. The largest absolute Gasteiger partial charge is 0.380 e. The van der Waals surface area contributed by atoms with Crippen LogP contribution in [0.25, 0.3) is 0 Å². The van der Waals surface area contributed by atoms with Crippen molar-refractivity contribution in [3.63, 3.8) is 0 Å². The molecule has 0 aliphatic heterocycles. The van der Waals surface area contributed by atoms with Gasteiger partial charge in [-0.1, -0.05) is 78.6 Å². The highest BCUT2D eigenvalue weighted by Crippen LogP contribution is 2.29. The Kier molecular flexibility index (Phi) is 6.07. The molecule has 0 aromatic heterocycles. The van der Waals surface area contributed by atoms with Crippen LogP contribution in [0, 0.1) is 0 Å². The van der Waals surface area contributed by atoms with Crippen molar-refractivity contribution in [1.29, 1.82) is 0 Å². The molecule has 2 aromatic carbocycles. The first-order valence-corrected chi connectivity index (χ1v) is 10.9. The van der Waals surface area contributed by atoms with Crippen LogP contribution < -0.4 is 10.6 Å². The molecule has 0 radical (unpaired) electrons. The maximum Gasteiger partial charge on any atom is 0.0462 e. The average molecular weight is 379 g/mol. The monoisotopic (exact) mass is 378 g/mol. The lowest BCUT2D eigenvalue weighted by molar-refractivity contribution is 0.424. The number of benzene rings is 2. The van der Waals surface area contributed by atoms with Gasteiger partial charge in [0.2, 0.25) is 0 Å². The summed E-state index contributed by atoms with van der Waals surface area (Å²) in [6.07, 6.45) is 5.05. The van der Waals surface area contributed by atoms with Gasteiger partial charge in [0.25, 0.3) is 0 Å². The third kappa shape index (κ3) is 5.31. The van der Waals surface area contributed by atoms with E-state index in [0.29, 0.717) is 12.1 Å². The summed E-state index contributed by atoms with van der Waals surface area (Å²) in [6, 6.07) is 19.0. The van der Waals surface area contributed by atoms with Gasteiger partial charge in [-0.15, -0.1) is 0 Å². The molecule has 0 heterocycles. The quantitative estimate of drug-likeness (QED) is 0.592. The fourth-order valence-corrected chi connectivity index (χ4v) is 4.04. The lowest BCUT2D eigenvalue weighted by Gasteiger charge is -2.34. The summed E-state index contributed by atoms with van der Waals surface area (Å²) in [4.78, 5) is 0. The second-order valence-corrected chi connectivity index (χ2v) is 10.4. The van der Waals surface area contributed by atoms with E-state index in [1.54, 1.807) is 0 Å². The van der Waals surface area contributed by atoms with Crippen LogP contribution >= 0.6 is 0 Å². The van der Waals surface area contributed by atoms with Crippen molar-refractivity contribution in [2.24, 2.45) is 0 Å². The van der Waals surface area contributed by atoms with E-state index in [-0.39, 0.29) is 10.8 Å². The van der Waals surface area contributed by atoms with Crippen molar-refractivity contribution in [1.82, 2.24) is 0 Å². The molecular weight excluding hydrogens is 340 g/mol. The molecule has 28 heavy (non-hydrogen) atoms. The van der Waals surface area contributed by atoms with Crippen LogP contribution in [0.1, 0.15) is 78.4 Å². The van der Waals surface area contributed by atoms with Crippen LogP contribution in [0.4, 0.5) is 11.4 Å². The number of anilines is 2. The van der Waals surface area contributed by atoms with E-state index in [1.165, 1.54) is 48.2 Å². The van der Waals surface area contributed by atoms with Gasteiger partial charge in [-0.25, -0.2) is 0 Å². The Morgan fingerprint density at radius 1 is 0.571 bits per heavy atom. The van der Waals surface area contributed by atoms with Gasteiger partial charge in [-0.05, 0) is 59.1 Å². The van der Waals surface area contributed by atoms with E-state index in [0.717, 1.165) is 0 Å². The zero-order valence-corrected chi connectivity index (χ0v) is 18.6. The summed E-state index contributed by atoms with van der Waals surface area (Å²) >= 11 is 0. The molecule has 2 heteroatoms. The minimum atomic E-state index is 0.201. The molecule has 0 amide bonds. The van der Waals surface area contributed by atoms with Crippen LogP contribution in [-0.4, -0.2) is 12.1 Å². The van der Waals surface area contributed by atoms with Gasteiger partial charge < -0.3 is 10.6 Å². The second-order valence-electron chi connectivity index (χ2n) is 10.4. The molecule has 3 rings (SSSR count). The third-order valence-electron chi connectivity index (χ3n) is 5.97. The summed E-state index contributed by atoms with van der Waals surface area (Å²) in [6.45, 7) is 13.6.